The Morgan fingerprint density at radius 3 is 2.31 bits per heavy atom. The minimum atomic E-state index is 0.0656. The number of benzene rings is 1. The largest absolute Gasteiger partial charge is 0.495 e. The molecule has 0 amide bonds. The van der Waals surface area contributed by atoms with Crippen LogP contribution in [0.4, 0.5) is 0 Å². The number of rotatable bonds is 3. The Hall–Kier alpha value is -1.16. The molecule has 16 heavy (non-hydrogen) atoms. The molecule has 0 aliphatic carbocycles. The number of methoxy groups -OCH3 is 2. The third-order valence-electron chi connectivity index (χ3n) is 2.53. The van der Waals surface area contributed by atoms with Crippen LogP contribution in [0.25, 0.3) is 0 Å². The Kier molecular flexibility index (Phi) is 3.39. The molecular weight excluding hydrogens is 272 g/mol. The summed E-state index contributed by atoms with van der Waals surface area (Å²) in [4.78, 5) is 0. The lowest BCUT2D eigenvalue weighted by molar-refractivity contribution is 0.172. The zero-order chi connectivity index (χ0) is 11.5. The van der Waals surface area contributed by atoms with Gasteiger partial charge in [-0.05, 0) is 34.1 Å². The molecule has 0 bridgehead atoms. The van der Waals surface area contributed by atoms with Gasteiger partial charge in [0, 0.05) is 12.0 Å². The van der Waals surface area contributed by atoms with E-state index < -0.39 is 0 Å². The van der Waals surface area contributed by atoms with Gasteiger partial charge in [0.05, 0.1) is 20.5 Å². The summed E-state index contributed by atoms with van der Waals surface area (Å²) in [5.41, 5.74) is 1.06. The van der Waals surface area contributed by atoms with Crippen molar-refractivity contribution in [2.45, 2.75) is 12.5 Å². The van der Waals surface area contributed by atoms with Gasteiger partial charge in [0.1, 0.15) is 22.1 Å². The smallest absolute Gasteiger partial charge is 0.137 e. The molecule has 2 rings (SSSR count). The van der Waals surface area contributed by atoms with E-state index in [1.807, 2.05) is 18.2 Å². The first-order valence-corrected chi connectivity index (χ1v) is 5.77. The normalized spacial score (nSPS) is 18.3. The maximum absolute atomic E-state index is 5.47. The summed E-state index contributed by atoms with van der Waals surface area (Å²) in [7, 11) is 3.27. The second-order valence-electron chi connectivity index (χ2n) is 3.47. The third kappa shape index (κ3) is 2.02. The van der Waals surface area contributed by atoms with E-state index in [4.69, 9.17) is 14.2 Å². The zero-order valence-electron chi connectivity index (χ0n) is 9.20. The molecule has 1 aliphatic heterocycles. The molecule has 1 aromatic rings. The fourth-order valence-corrected chi connectivity index (χ4v) is 2.23. The second kappa shape index (κ2) is 4.78. The van der Waals surface area contributed by atoms with Crippen LogP contribution in [0.15, 0.2) is 28.9 Å². The molecule has 1 aliphatic rings. The summed E-state index contributed by atoms with van der Waals surface area (Å²) >= 11 is 3.44. The third-order valence-corrected chi connectivity index (χ3v) is 3.31. The van der Waals surface area contributed by atoms with Crippen LogP contribution in [0, 0.1) is 0 Å². The van der Waals surface area contributed by atoms with Crippen molar-refractivity contribution in [2.24, 2.45) is 0 Å². The first-order valence-electron chi connectivity index (χ1n) is 4.98. The summed E-state index contributed by atoms with van der Waals surface area (Å²) < 4.78 is 16.9. The minimum Gasteiger partial charge on any atom is -0.495 e. The van der Waals surface area contributed by atoms with E-state index in [0.717, 1.165) is 28.0 Å². The highest BCUT2D eigenvalue weighted by atomic mass is 79.9. The lowest BCUT2D eigenvalue weighted by Gasteiger charge is -2.15. The molecule has 1 aromatic carbocycles. The molecule has 3 nitrogen and oxygen atoms in total. The van der Waals surface area contributed by atoms with Gasteiger partial charge in [-0.1, -0.05) is 0 Å². The van der Waals surface area contributed by atoms with Crippen LogP contribution in [0.5, 0.6) is 11.5 Å². The predicted molar refractivity (Wildman–Crippen MR) is 64.8 cm³/mol. The van der Waals surface area contributed by atoms with Gasteiger partial charge in [-0.3, -0.25) is 0 Å². The SMILES string of the molecule is COc1cc(C2CC=CO2)cc(OC)c1Br. The number of halogens is 1. The standard InChI is InChI=1S/C12H13BrO3/c1-14-10-6-8(9-4-3-5-16-9)7-11(15-2)12(10)13/h3,5-7,9H,4H2,1-2H3. The molecule has 0 N–H and O–H groups in total. The molecular formula is C12H13BrO3. The molecule has 86 valence electrons. The van der Waals surface area contributed by atoms with Crippen LogP contribution < -0.4 is 9.47 Å². The van der Waals surface area contributed by atoms with Crippen LogP contribution >= 0.6 is 15.9 Å². The summed E-state index contributed by atoms with van der Waals surface area (Å²) in [5.74, 6) is 1.51. The molecule has 0 saturated carbocycles. The molecule has 0 fully saturated rings. The second-order valence-corrected chi connectivity index (χ2v) is 4.26. The van der Waals surface area contributed by atoms with Gasteiger partial charge in [0.25, 0.3) is 0 Å². The average Bonchev–Trinajstić information content (AvgIpc) is 2.83. The van der Waals surface area contributed by atoms with Gasteiger partial charge < -0.3 is 14.2 Å². The lowest BCUT2D eigenvalue weighted by Crippen LogP contribution is -1.98. The van der Waals surface area contributed by atoms with Crippen LogP contribution in [0.1, 0.15) is 18.1 Å². The van der Waals surface area contributed by atoms with Crippen LogP contribution in [0.3, 0.4) is 0 Å². The Bertz CT molecular complexity index is 382. The van der Waals surface area contributed by atoms with Gasteiger partial charge in [-0.15, -0.1) is 0 Å². The first kappa shape index (κ1) is 11.3. The number of hydrogen-bond donors (Lipinski definition) is 0. The van der Waals surface area contributed by atoms with Crippen molar-refractivity contribution in [2.75, 3.05) is 14.2 Å². The quantitative estimate of drug-likeness (QED) is 0.851. The fourth-order valence-electron chi connectivity index (χ4n) is 1.68. The van der Waals surface area contributed by atoms with Crippen molar-refractivity contribution in [3.05, 3.63) is 34.5 Å². The highest BCUT2D eigenvalue weighted by Crippen LogP contribution is 2.39. The van der Waals surface area contributed by atoms with Gasteiger partial charge in [-0.25, -0.2) is 0 Å². The van der Waals surface area contributed by atoms with E-state index in [9.17, 15) is 0 Å². The van der Waals surface area contributed by atoms with Crippen molar-refractivity contribution in [1.29, 1.82) is 0 Å². The molecule has 1 atom stereocenters. The Morgan fingerprint density at radius 2 is 1.88 bits per heavy atom. The van der Waals surface area contributed by atoms with Crippen molar-refractivity contribution in [3.8, 4) is 11.5 Å². The number of ether oxygens (including phenoxy) is 3. The first-order chi connectivity index (χ1) is 7.76. The van der Waals surface area contributed by atoms with Crippen molar-refractivity contribution in [1.82, 2.24) is 0 Å². The Labute approximate surface area is 103 Å². The topological polar surface area (TPSA) is 27.7 Å². The van der Waals surface area contributed by atoms with E-state index in [-0.39, 0.29) is 6.10 Å². The molecule has 0 aromatic heterocycles. The summed E-state index contributed by atoms with van der Waals surface area (Å²) in [6.45, 7) is 0. The summed E-state index contributed by atoms with van der Waals surface area (Å²) in [5, 5.41) is 0. The molecule has 1 unspecified atom stereocenters. The molecule has 0 spiro atoms. The maximum Gasteiger partial charge on any atom is 0.137 e. The van der Waals surface area contributed by atoms with E-state index in [2.05, 4.69) is 15.9 Å². The monoisotopic (exact) mass is 284 g/mol. The van der Waals surface area contributed by atoms with E-state index in [1.54, 1.807) is 20.5 Å². The fraction of sp³-hybridized carbons (Fsp3) is 0.333. The van der Waals surface area contributed by atoms with Crippen LogP contribution in [-0.2, 0) is 4.74 Å². The molecule has 0 saturated heterocycles. The van der Waals surface area contributed by atoms with E-state index in [1.165, 1.54) is 0 Å². The Morgan fingerprint density at radius 1 is 1.25 bits per heavy atom. The number of hydrogen-bond acceptors (Lipinski definition) is 3. The van der Waals surface area contributed by atoms with Gasteiger partial charge in [-0.2, -0.15) is 0 Å². The molecule has 4 heteroatoms. The predicted octanol–water partition coefficient (Wildman–Crippen LogP) is 3.44. The highest BCUT2D eigenvalue weighted by Gasteiger charge is 2.18. The highest BCUT2D eigenvalue weighted by molar-refractivity contribution is 9.10. The van der Waals surface area contributed by atoms with Crippen molar-refractivity contribution >= 4 is 15.9 Å². The maximum atomic E-state index is 5.47. The van der Waals surface area contributed by atoms with Crippen molar-refractivity contribution in [3.63, 3.8) is 0 Å². The summed E-state index contributed by atoms with van der Waals surface area (Å²) in [6.07, 6.45) is 4.68. The van der Waals surface area contributed by atoms with Gasteiger partial charge in [0.2, 0.25) is 0 Å². The van der Waals surface area contributed by atoms with Crippen LogP contribution in [0.2, 0.25) is 0 Å². The van der Waals surface area contributed by atoms with E-state index in [0.29, 0.717) is 0 Å². The average molecular weight is 285 g/mol. The molecule has 0 radical (unpaired) electrons. The van der Waals surface area contributed by atoms with Crippen LogP contribution in [-0.4, -0.2) is 14.2 Å². The van der Waals surface area contributed by atoms with Crippen molar-refractivity contribution < 1.29 is 14.2 Å². The zero-order valence-corrected chi connectivity index (χ0v) is 10.8. The minimum absolute atomic E-state index is 0.0656. The molecule has 1 heterocycles. The van der Waals surface area contributed by atoms with Gasteiger partial charge >= 0.3 is 0 Å². The van der Waals surface area contributed by atoms with E-state index >= 15 is 0 Å². The lowest BCUT2D eigenvalue weighted by atomic mass is 10.1. The summed E-state index contributed by atoms with van der Waals surface area (Å²) in [6, 6.07) is 3.93. The van der Waals surface area contributed by atoms with Gasteiger partial charge in [0.15, 0.2) is 0 Å². The Balaban J connectivity index is 2.38.